The Morgan fingerprint density at radius 3 is 2.40 bits per heavy atom. The molecule has 0 atom stereocenters. The van der Waals surface area contributed by atoms with Crippen LogP contribution < -0.4 is 21.1 Å². The normalized spacial score (nSPS) is 14.9. The molecule has 3 N–H and O–H groups in total. The average molecular weight is 279 g/mol. The van der Waals surface area contributed by atoms with E-state index in [1.807, 2.05) is 7.05 Å². The fourth-order valence-electron chi connectivity index (χ4n) is 2.63. The highest BCUT2D eigenvalue weighted by molar-refractivity contribution is 5.45. The second-order valence-electron chi connectivity index (χ2n) is 5.18. The van der Waals surface area contributed by atoms with Crippen molar-refractivity contribution in [2.24, 2.45) is 5.84 Å². The third-order valence-electron chi connectivity index (χ3n) is 3.94. The standard InChI is InChI=1S/C13H25N7/c1-4-10(5-2)19(3)12-15-11(18-14)16-13(17-12)20-8-6-7-9-20/h10H,4-9,14H2,1-3H3,(H,15,16,17,18). The lowest BCUT2D eigenvalue weighted by Crippen LogP contribution is -2.33. The molecule has 20 heavy (non-hydrogen) atoms. The number of hydrogen-bond acceptors (Lipinski definition) is 7. The van der Waals surface area contributed by atoms with E-state index in [1.54, 1.807) is 0 Å². The molecule has 1 saturated heterocycles. The Hall–Kier alpha value is -1.63. The first kappa shape index (κ1) is 14.8. The minimum absolute atomic E-state index is 0.425. The molecule has 0 aliphatic carbocycles. The van der Waals surface area contributed by atoms with Crippen molar-refractivity contribution in [3.63, 3.8) is 0 Å². The van der Waals surface area contributed by atoms with Gasteiger partial charge in [0.15, 0.2) is 0 Å². The summed E-state index contributed by atoms with van der Waals surface area (Å²) < 4.78 is 0. The molecule has 7 heteroatoms. The van der Waals surface area contributed by atoms with E-state index in [1.165, 1.54) is 12.8 Å². The van der Waals surface area contributed by atoms with E-state index in [0.29, 0.717) is 17.9 Å². The van der Waals surface area contributed by atoms with Gasteiger partial charge < -0.3 is 9.80 Å². The van der Waals surface area contributed by atoms with E-state index in [4.69, 9.17) is 5.84 Å². The largest absolute Gasteiger partial charge is 0.341 e. The van der Waals surface area contributed by atoms with E-state index in [-0.39, 0.29) is 0 Å². The number of aromatic nitrogens is 3. The molecule has 112 valence electrons. The molecule has 2 heterocycles. The highest BCUT2D eigenvalue weighted by atomic mass is 15.4. The molecule has 1 aliphatic rings. The molecule has 7 nitrogen and oxygen atoms in total. The maximum atomic E-state index is 5.49. The Kier molecular flexibility index (Phi) is 4.94. The molecule has 1 aromatic rings. The van der Waals surface area contributed by atoms with E-state index < -0.39 is 0 Å². The molecule has 0 saturated carbocycles. The van der Waals surface area contributed by atoms with Gasteiger partial charge in [-0.1, -0.05) is 13.8 Å². The second-order valence-corrected chi connectivity index (χ2v) is 5.18. The first-order valence-electron chi connectivity index (χ1n) is 7.40. The lowest BCUT2D eigenvalue weighted by molar-refractivity contribution is 0.580. The molecule has 1 aliphatic heterocycles. The van der Waals surface area contributed by atoms with Crippen molar-refractivity contribution in [3.05, 3.63) is 0 Å². The zero-order chi connectivity index (χ0) is 14.5. The molecule has 0 unspecified atom stereocenters. The molecule has 0 aromatic carbocycles. The molecule has 0 spiro atoms. The summed E-state index contributed by atoms with van der Waals surface area (Å²) in [6, 6.07) is 0.425. The molecular weight excluding hydrogens is 254 g/mol. The summed E-state index contributed by atoms with van der Waals surface area (Å²) >= 11 is 0. The number of nitrogen functional groups attached to an aromatic ring is 1. The first-order chi connectivity index (χ1) is 9.69. The zero-order valence-corrected chi connectivity index (χ0v) is 12.6. The summed E-state index contributed by atoms with van der Waals surface area (Å²) in [6.45, 7) is 6.36. The van der Waals surface area contributed by atoms with Crippen molar-refractivity contribution in [3.8, 4) is 0 Å². The van der Waals surface area contributed by atoms with Crippen LogP contribution >= 0.6 is 0 Å². The third kappa shape index (κ3) is 3.09. The third-order valence-corrected chi connectivity index (χ3v) is 3.94. The zero-order valence-electron chi connectivity index (χ0n) is 12.6. The number of hydrazine groups is 1. The van der Waals surface area contributed by atoms with Crippen LogP contribution in [0.4, 0.5) is 17.8 Å². The monoisotopic (exact) mass is 279 g/mol. The predicted octanol–water partition coefficient (Wildman–Crippen LogP) is 1.38. The maximum Gasteiger partial charge on any atom is 0.243 e. The SMILES string of the molecule is CCC(CC)N(C)c1nc(NN)nc(N2CCCC2)n1. The molecule has 0 bridgehead atoms. The Balaban J connectivity index is 2.29. The Bertz CT molecular complexity index is 427. The number of anilines is 3. The van der Waals surface area contributed by atoms with Gasteiger partial charge >= 0.3 is 0 Å². The number of nitrogens with zero attached hydrogens (tertiary/aromatic N) is 5. The molecular formula is C13H25N7. The quantitative estimate of drug-likeness (QED) is 0.601. The highest BCUT2D eigenvalue weighted by Crippen LogP contribution is 2.21. The summed E-state index contributed by atoms with van der Waals surface area (Å²) in [5.41, 5.74) is 2.55. The van der Waals surface area contributed by atoms with Crippen LogP contribution in [0.1, 0.15) is 39.5 Å². The number of rotatable bonds is 6. The number of nitrogens with one attached hydrogen (secondary N) is 1. The lowest BCUT2D eigenvalue weighted by atomic mass is 10.1. The molecule has 1 aromatic heterocycles. The van der Waals surface area contributed by atoms with Crippen molar-refractivity contribution in [1.82, 2.24) is 15.0 Å². The van der Waals surface area contributed by atoms with Crippen molar-refractivity contribution in [1.29, 1.82) is 0 Å². The fraction of sp³-hybridized carbons (Fsp3) is 0.769. The van der Waals surface area contributed by atoms with Crippen molar-refractivity contribution >= 4 is 17.8 Å². The lowest BCUT2D eigenvalue weighted by Gasteiger charge is -2.27. The summed E-state index contributed by atoms with van der Waals surface area (Å²) in [4.78, 5) is 17.7. The summed E-state index contributed by atoms with van der Waals surface area (Å²) in [5.74, 6) is 7.32. The van der Waals surface area contributed by atoms with E-state index >= 15 is 0 Å². The van der Waals surface area contributed by atoms with Gasteiger partial charge in [-0.3, -0.25) is 5.43 Å². The Morgan fingerprint density at radius 1 is 1.20 bits per heavy atom. The van der Waals surface area contributed by atoms with Crippen molar-refractivity contribution < 1.29 is 0 Å². The van der Waals surface area contributed by atoms with Gasteiger partial charge in [-0.15, -0.1) is 0 Å². The summed E-state index contributed by atoms with van der Waals surface area (Å²) in [5, 5.41) is 0. The predicted molar refractivity (Wildman–Crippen MR) is 81.9 cm³/mol. The second kappa shape index (κ2) is 6.69. The minimum Gasteiger partial charge on any atom is -0.341 e. The van der Waals surface area contributed by atoms with Crippen LogP contribution in [0.25, 0.3) is 0 Å². The molecule has 1 fully saturated rings. The van der Waals surface area contributed by atoms with E-state index in [2.05, 4.69) is 44.0 Å². The highest BCUT2D eigenvalue weighted by Gasteiger charge is 2.20. The van der Waals surface area contributed by atoms with Gasteiger partial charge in [-0.2, -0.15) is 15.0 Å². The number of hydrogen-bond donors (Lipinski definition) is 2. The van der Waals surface area contributed by atoms with Crippen LogP contribution in [0.3, 0.4) is 0 Å². The van der Waals surface area contributed by atoms with Gasteiger partial charge in [0.05, 0.1) is 0 Å². The Morgan fingerprint density at radius 2 is 1.85 bits per heavy atom. The smallest absolute Gasteiger partial charge is 0.243 e. The minimum atomic E-state index is 0.425. The average Bonchev–Trinajstić information content (AvgIpc) is 3.02. The van der Waals surface area contributed by atoms with Crippen LogP contribution in [-0.4, -0.2) is 41.1 Å². The van der Waals surface area contributed by atoms with Crippen LogP contribution in [0, 0.1) is 0 Å². The van der Waals surface area contributed by atoms with Gasteiger partial charge in [-0.05, 0) is 25.7 Å². The van der Waals surface area contributed by atoms with Gasteiger partial charge in [0.1, 0.15) is 0 Å². The number of nitrogens with two attached hydrogens (primary N) is 1. The molecule has 2 rings (SSSR count). The first-order valence-corrected chi connectivity index (χ1v) is 7.40. The topological polar surface area (TPSA) is 83.2 Å². The van der Waals surface area contributed by atoms with Crippen LogP contribution in [0.2, 0.25) is 0 Å². The van der Waals surface area contributed by atoms with Crippen LogP contribution in [0.5, 0.6) is 0 Å². The Labute approximate surface area is 120 Å². The van der Waals surface area contributed by atoms with Crippen LogP contribution in [-0.2, 0) is 0 Å². The van der Waals surface area contributed by atoms with Crippen LogP contribution in [0.15, 0.2) is 0 Å². The van der Waals surface area contributed by atoms with Crippen molar-refractivity contribution in [2.45, 2.75) is 45.6 Å². The van der Waals surface area contributed by atoms with Gasteiger partial charge in [0, 0.05) is 26.2 Å². The summed E-state index contributed by atoms with van der Waals surface area (Å²) in [6.07, 6.45) is 4.50. The van der Waals surface area contributed by atoms with Gasteiger partial charge in [0.2, 0.25) is 17.8 Å². The maximum absolute atomic E-state index is 5.49. The summed E-state index contributed by atoms with van der Waals surface area (Å²) in [7, 11) is 2.03. The fourth-order valence-corrected chi connectivity index (χ4v) is 2.63. The van der Waals surface area contributed by atoms with E-state index in [0.717, 1.165) is 31.9 Å². The van der Waals surface area contributed by atoms with E-state index in [9.17, 15) is 0 Å². The van der Waals surface area contributed by atoms with Gasteiger partial charge in [0.25, 0.3) is 0 Å². The molecule has 0 radical (unpaired) electrons. The van der Waals surface area contributed by atoms with Crippen molar-refractivity contribution in [2.75, 3.05) is 35.4 Å². The molecule has 0 amide bonds. The van der Waals surface area contributed by atoms with Gasteiger partial charge in [-0.25, -0.2) is 5.84 Å².